The number of aryl methyl sites for hydroxylation is 1. The minimum atomic E-state index is -0.365. The zero-order valence-electron chi connectivity index (χ0n) is 15.8. The van der Waals surface area contributed by atoms with E-state index < -0.39 is 0 Å². The van der Waals surface area contributed by atoms with Gasteiger partial charge in [-0.2, -0.15) is 0 Å². The summed E-state index contributed by atoms with van der Waals surface area (Å²) >= 11 is 0. The number of ether oxygens (including phenoxy) is 3. The molecule has 142 valence electrons. The Bertz CT molecular complexity index is 933. The molecule has 0 atom stereocenters. The number of methoxy groups -OCH3 is 3. The van der Waals surface area contributed by atoms with Crippen molar-refractivity contribution in [1.29, 1.82) is 0 Å². The normalized spacial score (nSPS) is 10.6. The molecule has 0 aliphatic carbocycles. The number of esters is 1. The second-order valence-corrected chi connectivity index (χ2v) is 6.20. The number of nitrogens with one attached hydrogen (secondary N) is 2. The standard InChI is InChI=1S/C21H24N2O4/c1-25-19-9-6-14(11-20(19)26-2)5-4-10-22-16-7-8-17-15(12-16)13-18(23-17)21(24)27-3/h6-9,11-13,22-23H,4-5,10H2,1-3H3. The first-order chi connectivity index (χ1) is 13.1. The van der Waals surface area contributed by atoms with E-state index in [1.54, 1.807) is 20.3 Å². The topological polar surface area (TPSA) is 72.6 Å². The summed E-state index contributed by atoms with van der Waals surface area (Å²) < 4.78 is 15.4. The Morgan fingerprint density at radius 1 is 1.00 bits per heavy atom. The highest BCUT2D eigenvalue weighted by Gasteiger charge is 2.09. The van der Waals surface area contributed by atoms with E-state index in [4.69, 9.17) is 14.2 Å². The Hall–Kier alpha value is -3.15. The maximum atomic E-state index is 11.6. The Balaban J connectivity index is 1.56. The number of benzene rings is 2. The number of rotatable bonds is 8. The first-order valence-electron chi connectivity index (χ1n) is 8.80. The van der Waals surface area contributed by atoms with E-state index in [0.717, 1.165) is 47.5 Å². The van der Waals surface area contributed by atoms with E-state index in [1.807, 2.05) is 30.3 Å². The molecule has 1 aromatic heterocycles. The smallest absolute Gasteiger partial charge is 0.354 e. The number of hydrogen-bond donors (Lipinski definition) is 2. The molecule has 0 spiro atoms. The van der Waals surface area contributed by atoms with Crippen LogP contribution in [0.5, 0.6) is 11.5 Å². The fourth-order valence-corrected chi connectivity index (χ4v) is 3.02. The molecule has 2 N–H and O–H groups in total. The lowest BCUT2D eigenvalue weighted by molar-refractivity contribution is 0.0595. The molecule has 6 nitrogen and oxygen atoms in total. The van der Waals surface area contributed by atoms with Crippen LogP contribution in [-0.2, 0) is 11.2 Å². The zero-order chi connectivity index (χ0) is 19.2. The van der Waals surface area contributed by atoms with E-state index >= 15 is 0 Å². The maximum absolute atomic E-state index is 11.6. The van der Waals surface area contributed by atoms with Gasteiger partial charge in [0, 0.05) is 23.1 Å². The molecular weight excluding hydrogens is 344 g/mol. The van der Waals surface area contributed by atoms with Crippen LogP contribution in [0, 0.1) is 0 Å². The molecular formula is C21H24N2O4. The number of anilines is 1. The molecule has 6 heteroatoms. The third kappa shape index (κ3) is 4.34. The Morgan fingerprint density at radius 2 is 1.81 bits per heavy atom. The van der Waals surface area contributed by atoms with Crippen molar-refractivity contribution in [3.05, 3.63) is 53.7 Å². The summed E-state index contributed by atoms with van der Waals surface area (Å²) in [4.78, 5) is 14.7. The molecule has 0 amide bonds. The predicted octanol–water partition coefficient (Wildman–Crippen LogP) is 4.02. The number of aromatic nitrogens is 1. The van der Waals surface area contributed by atoms with E-state index in [0.29, 0.717) is 5.69 Å². The summed E-state index contributed by atoms with van der Waals surface area (Å²) in [6.07, 6.45) is 1.92. The van der Waals surface area contributed by atoms with Crippen molar-refractivity contribution in [2.24, 2.45) is 0 Å². The number of H-pyrrole nitrogens is 1. The van der Waals surface area contributed by atoms with Crippen molar-refractivity contribution in [2.45, 2.75) is 12.8 Å². The third-order valence-corrected chi connectivity index (χ3v) is 4.45. The SMILES string of the molecule is COC(=O)c1cc2cc(NCCCc3ccc(OC)c(OC)c3)ccc2[nH]1. The van der Waals surface area contributed by atoms with Crippen molar-refractivity contribution in [2.75, 3.05) is 33.2 Å². The van der Waals surface area contributed by atoms with Crippen molar-refractivity contribution < 1.29 is 19.0 Å². The van der Waals surface area contributed by atoms with Crippen molar-refractivity contribution in [1.82, 2.24) is 4.98 Å². The van der Waals surface area contributed by atoms with Crippen LogP contribution in [0.1, 0.15) is 22.5 Å². The Morgan fingerprint density at radius 3 is 2.56 bits per heavy atom. The summed E-state index contributed by atoms with van der Waals surface area (Å²) in [5.74, 6) is 1.13. The van der Waals surface area contributed by atoms with Crippen molar-refractivity contribution in [3.8, 4) is 11.5 Å². The van der Waals surface area contributed by atoms with Crippen LogP contribution in [0.4, 0.5) is 5.69 Å². The minimum Gasteiger partial charge on any atom is -0.493 e. The highest BCUT2D eigenvalue weighted by atomic mass is 16.5. The Kier molecular flexibility index (Phi) is 5.86. The molecule has 0 saturated heterocycles. The van der Waals surface area contributed by atoms with Gasteiger partial charge in [-0.15, -0.1) is 0 Å². The Labute approximate surface area is 158 Å². The van der Waals surface area contributed by atoms with Crippen LogP contribution in [-0.4, -0.2) is 38.8 Å². The molecule has 27 heavy (non-hydrogen) atoms. The monoisotopic (exact) mass is 368 g/mol. The van der Waals surface area contributed by atoms with E-state index in [2.05, 4.69) is 16.4 Å². The number of carbonyl (C=O) groups is 1. The van der Waals surface area contributed by atoms with Gasteiger partial charge in [0.1, 0.15) is 5.69 Å². The number of fused-ring (bicyclic) bond motifs is 1. The van der Waals surface area contributed by atoms with E-state index in [1.165, 1.54) is 12.7 Å². The second-order valence-electron chi connectivity index (χ2n) is 6.20. The van der Waals surface area contributed by atoms with Crippen LogP contribution in [0.15, 0.2) is 42.5 Å². The summed E-state index contributed by atoms with van der Waals surface area (Å²) in [5, 5.41) is 4.40. The third-order valence-electron chi connectivity index (χ3n) is 4.45. The first-order valence-corrected chi connectivity index (χ1v) is 8.80. The van der Waals surface area contributed by atoms with Crippen LogP contribution >= 0.6 is 0 Å². The molecule has 0 aliphatic rings. The molecule has 0 unspecified atom stereocenters. The van der Waals surface area contributed by atoms with Crippen LogP contribution < -0.4 is 14.8 Å². The number of hydrogen-bond acceptors (Lipinski definition) is 5. The maximum Gasteiger partial charge on any atom is 0.354 e. The number of carbonyl (C=O) groups excluding carboxylic acids is 1. The molecule has 0 aliphatic heterocycles. The molecule has 0 saturated carbocycles. The summed E-state index contributed by atoms with van der Waals surface area (Å²) in [6.45, 7) is 0.841. The van der Waals surface area contributed by atoms with Crippen molar-refractivity contribution in [3.63, 3.8) is 0 Å². The fraction of sp³-hybridized carbons (Fsp3) is 0.286. The van der Waals surface area contributed by atoms with Gasteiger partial charge in [-0.1, -0.05) is 6.07 Å². The molecule has 0 fully saturated rings. The predicted molar refractivity (Wildman–Crippen MR) is 106 cm³/mol. The summed E-state index contributed by atoms with van der Waals surface area (Å²) in [7, 11) is 4.65. The van der Waals surface area contributed by atoms with Gasteiger partial charge in [0.15, 0.2) is 11.5 Å². The van der Waals surface area contributed by atoms with Gasteiger partial charge in [0.25, 0.3) is 0 Å². The highest BCUT2D eigenvalue weighted by Crippen LogP contribution is 2.28. The largest absolute Gasteiger partial charge is 0.493 e. The quantitative estimate of drug-likeness (QED) is 0.464. The summed E-state index contributed by atoms with van der Waals surface area (Å²) in [6, 6.07) is 13.8. The average Bonchev–Trinajstić information content (AvgIpc) is 3.13. The van der Waals surface area contributed by atoms with Gasteiger partial charge in [0.2, 0.25) is 0 Å². The number of aromatic amines is 1. The molecule has 3 aromatic rings. The molecule has 0 radical (unpaired) electrons. The molecule has 0 bridgehead atoms. The first kappa shape index (κ1) is 18.6. The van der Waals surface area contributed by atoms with Crippen LogP contribution in [0.25, 0.3) is 10.9 Å². The van der Waals surface area contributed by atoms with Gasteiger partial charge in [-0.05, 0) is 54.8 Å². The lowest BCUT2D eigenvalue weighted by atomic mass is 10.1. The zero-order valence-corrected chi connectivity index (χ0v) is 15.8. The van der Waals surface area contributed by atoms with E-state index in [-0.39, 0.29) is 5.97 Å². The minimum absolute atomic E-state index is 0.365. The van der Waals surface area contributed by atoms with Gasteiger partial charge < -0.3 is 24.5 Å². The fourth-order valence-electron chi connectivity index (χ4n) is 3.02. The van der Waals surface area contributed by atoms with Gasteiger partial charge >= 0.3 is 5.97 Å². The lowest BCUT2D eigenvalue weighted by Gasteiger charge is -2.10. The van der Waals surface area contributed by atoms with E-state index in [9.17, 15) is 4.79 Å². The van der Waals surface area contributed by atoms with Crippen LogP contribution in [0.2, 0.25) is 0 Å². The highest BCUT2D eigenvalue weighted by molar-refractivity contribution is 5.95. The van der Waals surface area contributed by atoms with Gasteiger partial charge in [-0.25, -0.2) is 4.79 Å². The molecule has 2 aromatic carbocycles. The summed E-state index contributed by atoms with van der Waals surface area (Å²) in [5.41, 5.74) is 3.59. The van der Waals surface area contributed by atoms with Crippen LogP contribution in [0.3, 0.4) is 0 Å². The molecule has 3 rings (SSSR count). The van der Waals surface area contributed by atoms with Crippen molar-refractivity contribution >= 4 is 22.6 Å². The average molecular weight is 368 g/mol. The second kappa shape index (κ2) is 8.49. The molecule has 1 heterocycles. The lowest BCUT2D eigenvalue weighted by Crippen LogP contribution is -2.03. The van der Waals surface area contributed by atoms with Gasteiger partial charge in [-0.3, -0.25) is 0 Å². The van der Waals surface area contributed by atoms with Gasteiger partial charge in [0.05, 0.1) is 21.3 Å².